The molecule has 11 heteroatoms. The summed E-state index contributed by atoms with van der Waals surface area (Å²) in [5, 5.41) is 9.16. The zero-order valence-corrected chi connectivity index (χ0v) is 22.1. The van der Waals surface area contributed by atoms with Crippen LogP contribution in [-0.2, 0) is 19.6 Å². The van der Waals surface area contributed by atoms with Crippen molar-refractivity contribution >= 4 is 11.0 Å². The third-order valence-electron chi connectivity index (χ3n) is 6.50. The Bertz CT molecular complexity index is 1600. The molecule has 4 aromatic heterocycles. The third kappa shape index (κ3) is 4.57. The summed E-state index contributed by atoms with van der Waals surface area (Å²) < 4.78 is 45.1. The summed E-state index contributed by atoms with van der Waals surface area (Å²) in [4.78, 5) is 13.4. The first-order valence-corrected chi connectivity index (χ1v) is 12.4. The minimum atomic E-state index is -4.50. The maximum absolute atomic E-state index is 13.3. The second kappa shape index (κ2) is 9.38. The normalized spacial score (nSPS) is 12.4. The molecule has 1 aromatic carbocycles. The van der Waals surface area contributed by atoms with Gasteiger partial charge >= 0.3 is 6.18 Å². The van der Waals surface area contributed by atoms with E-state index in [9.17, 15) is 13.2 Å². The van der Waals surface area contributed by atoms with Crippen molar-refractivity contribution in [2.24, 2.45) is 7.05 Å². The molecule has 0 amide bonds. The number of fused-ring (bicyclic) bond motifs is 1. The van der Waals surface area contributed by atoms with Gasteiger partial charge in [-0.1, -0.05) is 24.3 Å². The van der Waals surface area contributed by atoms with Crippen LogP contribution in [0.25, 0.3) is 33.9 Å². The van der Waals surface area contributed by atoms with Gasteiger partial charge in [-0.2, -0.15) is 23.4 Å². The van der Waals surface area contributed by atoms with Crippen LogP contribution in [-0.4, -0.2) is 39.1 Å². The standard InChI is InChI=1S/C27H29F3N8/c1-15(2)37-14-22(27(28,29)30)33-26(37)19-9-7-18(8-10-19)11-20-23-21(36(6)35-20)13-31-25(34-23)24-17(5)12-32-38(24)16(3)4/h7-10,12-16H,11H2,1-6H3. The van der Waals surface area contributed by atoms with Crippen molar-refractivity contribution in [3.05, 3.63) is 65.4 Å². The topological polar surface area (TPSA) is 79.2 Å². The molecular weight excluding hydrogens is 493 g/mol. The first-order valence-electron chi connectivity index (χ1n) is 12.4. The van der Waals surface area contributed by atoms with Crippen LogP contribution in [0.15, 0.2) is 42.9 Å². The van der Waals surface area contributed by atoms with E-state index in [1.165, 1.54) is 0 Å². The zero-order chi connectivity index (χ0) is 27.4. The van der Waals surface area contributed by atoms with Gasteiger partial charge in [-0.3, -0.25) is 9.36 Å². The molecular formula is C27H29F3N8. The molecule has 0 bridgehead atoms. The van der Waals surface area contributed by atoms with Gasteiger partial charge in [-0.05, 0) is 45.7 Å². The highest BCUT2D eigenvalue weighted by molar-refractivity contribution is 5.79. The summed E-state index contributed by atoms with van der Waals surface area (Å²) >= 11 is 0. The highest BCUT2D eigenvalue weighted by atomic mass is 19.4. The zero-order valence-electron chi connectivity index (χ0n) is 22.1. The molecule has 0 fully saturated rings. The Morgan fingerprint density at radius 1 is 0.947 bits per heavy atom. The van der Waals surface area contributed by atoms with E-state index in [1.807, 2.05) is 50.8 Å². The fourth-order valence-electron chi connectivity index (χ4n) is 4.56. The average Bonchev–Trinajstić information content (AvgIpc) is 3.55. The van der Waals surface area contributed by atoms with Gasteiger partial charge in [-0.25, -0.2) is 15.0 Å². The molecule has 0 saturated carbocycles. The van der Waals surface area contributed by atoms with Crippen LogP contribution in [0, 0.1) is 6.92 Å². The van der Waals surface area contributed by atoms with Crippen molar-refractivity contribution in [1.82, 2.24) is 39.1 Å². The van der Waals surface area contributed by atoms with Crippen LogP contribution in [0.1, 0.15) is 62.3 Å². The number of aromatic nitrogens is 8. The second-order valence-corrected chi connectivity index (χ2v) is 10.0. The number of alkyl halides is 3. The number of rotatable bonds is 6. The van der Waals surface area contributed by atoms with Gasteiger partial charge in [0.2, 0.25) is 0 Å². The Hall–Kier alpha value is -4.02. The lowest BCUT2D eigenvalue weighted by atomic mass is 10.1. The molecule has 0 radical (unpaired) electrons. The molecule has 0 N–H and O–H groups in total. The Morgan fingerprint density at radius 3 is 2.29 bits per heavy atom. The van der Waals surface area contributed by atoms with E-state index in [-0.39, 0.29) is 17.9 Å². The number of imidazole rings is 1. The van der Waals surface area contributed by atoms with Crippen LogP contribution in [0.4, 0.5) is 13.2 Å². The van der Waals surface area contributed by atoms with Crippen molar-refractivity contribution in [3.8, 4) is 22.9 Å². The van der Waals surface area contributed by atoms with Crippen LogP contribution < -0.4 is 0 Å². The molecule has 0 aliphatic rings. The number of benzene rings is 1. The van der Waals surface area contributed by atoms with Crippen LogP contribution in [0.5, 0.6) is 0 Å². The number of aryl methyl sites for hydroxylation is 2. The predicted octanol–water partition coefficient (Wildman–Crippen LogP) is 6.17. The van der Waals surface area contributed by atoms with E-state index in [0.29, 0.717) is 17.8 Å². The number of nitrogens with zero attached hydrogens (tertiary/aromatic N) is 8. The molecule has 8 nitrogen and oxygen atoms in total. The van der Waals surface area contributed by atoms with Crippen molar-refractivity contribution < 1.29 is 13.2 Å². The molecule has 4 heterocycles. The van der Waals surface area contributed by atoms with E-state index in [1.54, 1.807) is 27.6 Å². The van der Waals surface area contributed by atoms with E-state index in [4.69, 9.17) is 4.98 Å². The van der Waals surface area contributed by atoms with Gasteiger partial charge in [0.15, 0.2) is 11.5 Å². The summed E-state index contributed by atoms with van der Waals surface area (Å²) in [5.74, 6) is 0.878. The largest absolute Gasteiger partial charge is 0.434 e. The molecule has 0 aliphatic carbocycles. The average molecular weight is 523 g/mol. The Morgan fingerprint density at radius 2 is 1.66 bits per heavy atom. The maximum atomic E-state index is 13.3. The van der Waals surface area contributed by atoms with Gasteiger partial charge in [0.05, 0.1) is 18.1 Å². The number of hydrogen-bond acceptors (Lipinski definition) is 5. The highest BCUT2D eigenvalue weighted by Gasteiger charge is 2.35. The first kappa shape index (κ1) is 25.6. The smallest absolute Gasteiger partial charge is 0.328 e. The molecule has 0 saturated heterocycles. The lowest BCUT2D eigenvalue weighted by Gasteiger charge is -2.11. The lowest BCUT2D eigenvalue weighted by Crippen LogP contribution is -2.07. The molecule has 0 aliphatic heterocycles. The van der Waals surface area contributed by atoms with E-state index in [0.717, 1.165) is 39.7 Å². The quantitative estimate of drug-likeness (QED) is 0.266. The van der Waals surface area contributed by atoms with Crippen LogP contribution in [0.3, 0.4) is 0 Å². The predicted molar refractivity (Wildman–Crippen MR) is 139 cm³/mol. The number of hydrogen-bond donors (Lipinski definition) is 0. The Kier molecular flexibility index (Phi) is 6.32. The van der Waals surface area contributed by atoms with Crippen molar-refractivity contribution in [2.45, 2.75) is 59.3 Å². The maximum Gasteiger partial charge on any atom is 0.434 e. The van der Waals surface area contributed by atoms with E-state index >= 15 is 0 Å². The van der Waals surface area contributed by atoms with E-state index in [2.05, 4.69) is 34.0 Å². The molecule has 198 valence electrons. The monoisotopic (exact) mass is 522 g/mol. The highest BCUT2D eigenvalue weighted by Crippen LogP contribution is 2.33. The van der Waals surface area contributed by atoms with Gasteiger partial charge in [-0.15, -0.1) is 0 Å². The lowest BCUT2D eigenvalue weighted by molar-refractivity contribution is -0.140. The third-order valence-corrected chi connectivity index (χ3v) is 6.50. The summed E-state index contributed by atoms with van der Waals surface area (Å²) in [6.07, 6.45) is 0.664. The summed E-state index contributed by atoms with van der Waals surface area (Å²) in [6, 6.07) is 7.37. The van der Waals surface area contributed by atoms with Gasteiger partial charge in [0.1, 0.15) is 22.6 Å². The minimum Gasteiger partial charge on any atom is -0.328 e. The molecule has 5 aromatic rings. The van der Waals surface area contributed by atoms with E-state index < -0.39 is 11.9 Å². The molecule has 0 spiro atoms. The molecule has 38 heavy (non-hydrogen) atoms. The SMILES string of the molecule is Cc1cnn(C(C)C)c1-c1ncc2c(n1)c(Cc1ccc(-c3nc(C(F)(F)F)cn3C(C)C)cc1)nn2C. The Labute approximate surface area is 218 Å². The second-order valence-electron chi connectivity index (χ2n) is 10.0. The number of halogens is 3. The summed E-state index contributed by atoms with van der Waals surface area (Å²) in [7, 11) is 1.85. The first-order chi connectivity index (χ1) is 17.9. The van der Waals surface area contributed by atoms with Gasteiger partial charge in [0.25, 0.3) is 0 Å². The van der Waals surface area contributed by atoms with Crippen molar-refractivity contribution in [1.29, 1.82) is 0 Å². The van der Waals surface area contributed by atoms with Crippen molar-refractivity contribution in [2.75, 3.05) is 0 Å². The van der Waals surface area contributed by atoms with Crippen LogP contribution in [0.2, 0.25) is 0 Å². The van der Waals surface area contributed by atoms with Gasteiger partial charge < -0.3 is 4.57 Å². The minimum absolute atomic E-state index is 0.156. The molecule has 0 unspecified atom stereocenters. The summed E-state index contributed by atoms with van der Waals surface area (Å²) in [5.41, 5.74) is 4.90. The van der Waals surface area contributed by atoms with Crippen LogP contribution >= 0.6 is 0 Å². The molecule has 5 rings (SSSR count). The fraction of sp³-hybridized carbons (Fsp3) is 0.370. The van der Waals surface area contributed by atoms with Crippen molar-refractivity contribution in [3.63, 3.8) is 0 Å². The van der Waals surface area contributed by atoms with Gasteiger partial charge in [0, 0.05) is 37.3 Å². The fourth-order valence-corrected chi connectivity index (χ4v) is 4.56. The molecule has 0 atom stereocenters. The summed E-state index contributed by atoms with van der Waals surface area (Å²) in [6.45, 7) is 9.77. The Balaban J connectivity index is 1.49.